The van der Waals surface area contributed by atoms with Gasteiger partial charge in [-0.1, -0.05) is 66.7 Å². The summed E-state index contributed by atoms with van der Waals surface area (Å²) in [6.45, 7) is 0.458. The highest BCUT2D eigenvalue weighted by molar-refractivity contribution is 7.80. The van der Waals surface area contributed by atoms with Crippen LogP contribution in [0.25, 0.3) is 6.08 Å². The van der Waals surface area contributed by atoms with Crippen LogP contribution in [0.2, 0.25) is 0 Å². The summed E-state index contributed by atoms with van der Waals surface area (Å²) in [7, 11) is 1.81. The van der Waals surface area contributed by atoms with Crippen molar-refractivity contribution < 1.29 is 9.53 Å². The van der Waals surface area contributed by atoms with E-state index in [0.717, 1.165) is 16.8 Å². The third-order valence-electron chi connectivity index (χ3n) is 4.72. The molecule has 0 atom stereocenters. The van der Waals surface area contributed by atoms with E-state index in [4.69, 9.17) is 17.0 Å². The van der Waals surface area contributed by atoms with Crippen molar-refractivity contribution in [1.29, 1.82) is 0 Å². The first kappa shape index (κ1) is 18.9. The summed E-state index contributed by atoms with van der Waals surface area (Å²) < 4.78 is 6.02. The second-order valence-electron chi connectivity index (χ2n) is 6.66. The van der Waals surface area contributed by atoms with Gasteiger partial charge in [-0.05, 0) is 42.1 Å². The minimum absolute atomic E-state index is 0.151. The van der Waals surface area contributed by atoms with Crippen LogP contribution in [0, 0.1) is 0 Å². The second-order valence-corrected chi connectivity index (χ2v) is 7.02. The lowest BCUT2D eigenvalue weighted by Crippen LogP contribution is -2.30. The number of hydrogen-bond donors (Lipinski definition) is 0. The maximum absolute atomic E-state index is 13.1. The highest BCUT2D eigenvalue weighted by atomic mass is 32.1. The number of rotatable bonds is 5. The van der Waals surface area contributed by atoms with Crippen LogP contribution >= 0.6 is 12.2 Å². The van der Waals surface area contributed by atoms with Crippen molar-refractivity contribution in [3.05, 3.63) is 102 Å². The molecule has 0 unspecified atom stereocenters. The Morgan fingerprint density at radius 3 is 2.24 bits per heavy atom. The molecular weight excluding hydrogens is 380 g/mol. The van der Waals surface area contributed by atoms with Gasteiger partial charge in [0.25, 0.3) is 5.91 Å². The Bertz CT molecular complexity index is 1060. The second kappa shape index (κ2) is 8.29. The molecule has 0 radical (unpaired) electrons. The number of anilines is 1. The first-order chi connectivity index (χ1) is 14.1. The zero-order chi connectivity index (χ0) is 20.2. The summed E-state index contributed by atoms with van der Waals surface area (Å²) in [6.07, 6.45) is 1.83. The van der Waals surface area contributed by atoms with Gasteiger partial charge in [-0.2, -0.15) is 0 Å². The van der Waals surface area contributed by atoms with Crippen molar-refractivity contribution in [2.24, 2.45) is 0 Å². The summed E-state index contributed by atoms with van der Waals surface area (Å²) in [5, 5.41) is 0.454. The maximum atomic E-state index is 13.1. The minimum atomic E-state index is -0.151. The molecule has 144 valence electrons. The average Bonchev–Trinajstić information content (AvgIpc) is 2.97. The molecule has 0 N–H and O–H groups in total. The Morgan fingerprint density at radius 2 is 1.52 bits per heavy atom. The molecular formula is C24H20N2O2S. The minimum Gasteiger partial charge on any atom is -0.488 e. The molecule has 4 nitrogen and oxygen atoms in total. The van der Waals surface area contributed by atoms with Gasteiger partial charge >= 0.3 is 0 Å². The van der Waals surface area contributed by atoms with Gasteiger partial charge in [0.2, 0.25) is 0 Å². The molecule has 0 saturated carbocycles. The predicted molar refractivity (Wildman–Crippen MR) is 119 cm³/mol. The zero-order valence-electron chi connectivity index (χ0n) is 16.0. The van der Waals surface area contributed by atoms with Gasteiger partial charge in [0, 0.05) is 12.6 Å². The molecule has 0 aliphatic carbocycles. The zero-order valence-corrected chi connectivity index (χ0v) is 16.8. The van der Waals surface area contributed by atoms with Gasteiger partial charge in [0.1, 0.15) is 18.1 Å². The smallest absolute Gasteiger partial charge is 0.281 e. The molecule has 3 aromatic carbocycles. The van der Waals surface area contributed by atoms with Gasteiger partial charge in [-0.3, -0.25) is 9.69 Å². The highest BCUT2D eigenvalue weighted by Gasteiger charge is 2.36. The van der Waals surface area contributed by atoms with E-state index in [1.165, 1.54) is 0 Å². The van der Waals surface area contributed by atoms with E-state index >= 15 is 0 Å². The highest BCUT2D eigenvalue weighted by Crippen LogP contribution is 2.30. The number of carbonyl (C=O) groups excluding carboxylic acids is 1. The fraction of sp³-hybridized carbons (Fsp3) is 0.0833. The van der Waals surface area contributed by atoms with Crippen molar-refractivity contribution in [2.45, 2.75) is 6.61 Å². The number of hydrogen-bond acceptors (Lipinski definition) is 3. The van der Waals surface area contributed by atoms with E-state index in [-0.39, 0.29) is 5.91 Å². The Balaban J connectivity index is 1.62. The topological polar surface area (TPSA) is 32.8 Å². The molecule has 1 saturated heterocycles. The van der Waals surface area contributed by atoms with Crippen molar-refractivity contribution in [3.63, 3.8) is 0 Å². The SMILES string of the molecule is CN1C(=S)N(c2ccccc2)C(=O)/C1=C/c1ccccc1OCc1ccccc1. The van der Waals surface area contributed by atoms with Gasteiger partial charge in [-0.25, -0.2) is 0 Å². The van der Waals surface area contributed by atoms with Crippen molar-refractivity contribution in [2.75, 3.05) is 11.9 Å². The number of ether oxygens (including phenoxy) is 1. The third kappa shape index (κ3) is 3.91. The monoisotopic (exact) mass is 400 g/mol. The van der Waals surface area contributed by atoms with Crippen molar-refractivity contribution in [1.82, 2.24) is 4.90 Å². The maximum Gasteiger partial charge on any atom is 0.281 e. The van der Waals surface area contributed by atoms with Crippen LogP contribution in [-0.4, -0.2) is 23.0 Å². The molecule has 1 aliphatic heterocycles. The first-order valence-electron chi connectivity index (χ1n) is 9.30. The number of benzene rings is 3. The van der Waals surface area contributed by atoms with E-state index in [1.807, 2.05) is 98.1 Å². The predicted octanol–water partition coefficient (Wildman–Crippen LogP) is 4.87. The quantitative estimate of drug-likeness (QED) is 0.452. The van der Waals surface area contributed by atoms with Gasteiger partial charge in [-0.15, -0.1) is 0 Å². The number of carbonyl (C=O) groups is 1. The number of amides is 1. The van der Waals surface area contributed by atoms with Crippen LogP contribution in [0.3, 0.4) is 0 Å². The van der Waals surface area contributed by atoms with E-state index in [0.29, 0.717) is 23.2 Å². The van der Waals surface area contributed by atoms with E-state index in [9.17, 15) is 4.79 Å². The number of para-hydroxylation sites is 2. The van der Waals surface area contributed by atoms with E-state index in [2.05, 4.69) is 0 Å². The molecule has 29 heavy (non-hydrogen) atoms. The lowest BCUT2D eigenvalue weighted by molar-refractivity contribution is -0.114. The average molecular weight is 401 g/mol. The van der Waals surface area contributed by atoms with E-state index in [1.54, 1.807) is 9.80 Å². The van der Waals surface area contributed by atoms with Crippen molar-refractivity contribution >= 4 is 35.0 Å². The van der Waals surface area contributed by atoms with Gasteiger partial charge in [0.05, 0.1) is 5.69 Å². The normalized spacial score (nSPS) is 15.3. The Labute approximate surface area is 175 Å². The number of likely N-dealkylation sites (N-methyl/N-ethyl adjacent to an activating group) is 1. The molecule has 3 aromatic rings. The summed E-state index contributed by atoms with van der Waals surface area (Å²) in [5.74, 6) is 0.565. The van der Waals surface area contributed by atoms with Crippen LogP contribution < -0.4 is 9.64 Å². The fourth-order valence-electron chi connectivity index (χ4n) is 3.18. The van der Waals surface area contributed by atoms with Crippen LogP contribution in [0.15, 0.2) is 90.6 Å². The lowest BCUT2D eigenvalue weighted by Gasteiger charge is -2.16. The fourth-order valence-corrected chi connectivity index (χ4v) is 3.46. The van der Waals surface area contributed by atoms with Crippen LogP contribution in [-0.2, 0) is 11.4 Å². The standard InChI is InChI=1S/C24H20N2O2S/c1-25-21(23(27)26(24(25)29)20-13-6-3-7-14-20)16-19-12-8-9-15-22(19)28-17-18-10-4-2-5-11-18/h2-16H,17H2,1H3/b21-16-. The molecule has 5 heteroatoms. The van der Waals surface area contributed by atoms with Crippen LogP contribution in [0.1, 0.15) is 11.1 Å². The Kier molecular flexibility index (Phi) is 5.40. The van der Waals surface area contributed by atoms with Crippen LogP contribution in [0.5, 0.6) is 5.75 Å². The molecule has 4 rings (SSSR count). The molecule has 0 bridgehead atoms. The molecule has 0 spiro atoms. The van der Waals surface area contributed by atoms with Crippen LogP contribution in [0.4, 0.5) is 5.69 Å². The molecule has 1 fully saturated rings. The summed E-state index contributed by atoms with van der Waals surface area (Å²) in [5.41, 5.74) is 3.18. The van der Waals surface area contributed by atoms with Gasteiger partial charge in [0.15, 0.2) is 5.11 Å². The summed E-state index contributed by atoms with van der Waals surface area (Å²) in [6, 6.07) is 27.1. The summed E-state index contributed by atoms with van der Waals surface area (Å²) >= 11 is 5.52. The Morgan fingerprint density at radius 1 is 0.897 bits per heavy atom. The molecule has 1 aliphatic rings. The van der Waals surface area contributed by atoms with E-state index < -0.39 is 0 Å². The van der Waals surface area contributed by atoms with Crippen molar-refractivity contribution in [3.8, 4) is 5.75 Å². The largest absolute Gasteiger partial charge is 0.488 e. The van der Waals surface area contributed by atoms with Gasteiger partial charge < -0.3 is 9.64 Å². The first-order valence-corrected chi connectivity index (χ1v) is 9.70. The third-order valence-corrected chi connectivity index (χ3v) is 5.18. The lowest BCUT2D eigenvalue weighted by atomic mass is 10.1. The molecule has 1 heterocycles. The molecule has 1 amide bonds. The summed E-state index contributed by atoms with van der Waals surface area (Å²) in [4.78, 5) is 16.4. The number of thiocarbonyl (C=S) groups is 1. The molecule has 0 aromatic heterocycles. The number of nitrogens with zero attached hydrogens (tertiary/aromatic N) is 2. The Hall–Kier alpha value is -3.44.